The average molecular weight is 240 g/mol. The first-order valence-corrected chi connectivity index (χ1v) is 6.71. The van der Waals surface area contributed by atoms with E-state index in [4.69, 9.17) is 0 Å². The third-order valence-corrected chi connectivity index (χ3v) is 3.60. The zero-order valence-electron chi connectivity index (χ0n) is 12.9. The fraction of sp³-hybridized carbons (Fsp3) is 0.867. The summed E-state index contributed by atoms with van der Waals surface area (Å²) in [5.74, 6) is 0. The van der Waals surface area contributed by atoms with Crippen LogP contribution >= 0.6 is 0 Å². The Bertz CT molecular complexity index is 236. The molecule has 0 aliphatic carbocycles. The summed E-state index contributed by atoms with van der Waals surface area (Å²) >= 11 is 0. The molecule has 0 radical (unpaired) electrons. The molecule has 0 aliphatic heterocycles. The Labute approximate surface area is 108 Å². The molecule has 0 fully saturated rings. The second kappa shape index (κ2) is 6.44. The van der Waals surface area contributed by atoms with E-state index in [0.29, 0.717) is 11.5 Å². The molecule has 0 aromatic heterocycles. The van der Waals surface area contributed by atoms with Crippen LogP contribution < -0.4 is 10.6 Å². The van der Waals surface area contributed by atoms with Crippen LogP contribution in [-0.2, 0) is 0 Å². The zero-order chi connectivity index (χ0) is 13.7. The zero-order valence-corrected chi connectivity index (χ0v) is 12.9. The van der Waals surface area contributed by atoms with Crippen LogP contribution in [0.3, 0.4) is 0 Å². The maximum atomic E-state index is 4.14. The van der Waals surface area contributed by atoms with Crippen LogP contribution in [0.4, 0.5) is 0 Å². The highest BCUT2D eigenvalue weighted by Crippen LogP contribution is 2.27. The van der Waals surface area contributed by atoms with E-state index in [0.717, 1.165) is 18.7 Å². The quantitative estimate of drug-likeness (QED) is 0.711. The molecular weight excluding hydrogens is 208 g/mol. The number of rotatable bonds is 7. The van der Waals surface area contributed by atoms with Gasteiger partial charge in [0.05, 0.1) is 0 Å². The Hall–Kier alpha value is -0.500. The molecule has 102 valence electrons. The molecule has 0 heterocycles. The van der Waals surface area contributed by atoms with Gasteiger partial charge in [0, 0.05) is 18.3 Å². The Balaban J connectivity index is 4.16. The third-order valence-electron chi connectivity index (χ3n) is 3.60. The summed E-state index contributed by atoms with van der Waals surface area (Å²) in [6.45, 7) is 18.7. The lowest BCUT2D eigenvalue weighted by Crippen LogP contribution is -2.45. The highest BCUT2D eigenvalue weighted by Gasteiger charge is 2.23. The van der Waals surface area contributed by atoms with Gasteiger partial charge in [-0.05, 0) is 24.3 Å². The Morgan fingerprint density at radius 1 is 1.18 bits per heavy atom. The van der Waals surface area contributed by atoms with Gasteiger partial charge in [-0.25, -0.2) is 0 Å². The minimum atomic E-state index is 0.266. The molecular formula is C15H32N2. The van der Waals surface area contributed by atoms with Crippen LogP contribution in [0.2, 0.25) is 0 Å². The lowest BCUT2D eigenvalue weighted by Gasteiger charge is -2.32. The molecule has 0 aromatic carbocycles. The summed E-state index contributed by atoms with van der Waals surface area (Å²) in [7, 11) is 2.02. The highest BCUT2D eigenvalue weighted by atomic mass is 15.0. The normalized spacial score (nSPS) is 14.5. The van der Waals surface area contributed by atoms with E-state index in [-0.39, 0.29) is 5.41 Å². The first-order chi connectivity index (χ1) is 7.62. The van der Waals surface area contributed by atoms with Gasteiger partial charge in [0.25, 0.3) is 0 Å². The number of allylic oxidation sites excluding steroid dienone is 1. The topological polar surface area (TPSA) is 24.1 Å². The fourth-order valence-electron chi connectivity index (χ4n) is 1.85. The van der Waals surface area contributed by atoms with E-state index >= 15 is 0 Å². The van der Waals surface area contributed by atoms with Crippen LogP contribution in [0.15, 0.2) is 12.3 Å². The molecule has 0 spiro atoms. The van der Waals surface area contributed by atoms with Gasteiger partial charge in [-0.1, -0.05) is 54.5 Å². The monoisotopic (exact) mass is 240 g/mol. The first-order valence-electron chi connectivity index (χ1n) is 6.71. The third kappa shape index (κ3) is 6.72. The second-order valence-electron chi connectivity index (χ2n) is 6.89. The molecule has 2 N–H and O–H groups in total. The SMILES string of the molecule is C=C(CC(C)(C)CC)NCC(NC)C(C)(C)C. The van der Waals surface area contributed by atoms with Crippen molar-refractivity contribution in [2.45, 2.75) is 60.4 Å². The van der Waals surface area contributed by atoms with Crippen molar-refractivity contribution in [2.24, 2.45) is 10.8 Å². The molecule has 17 heavy (non-hydrogen) atoms. The van der Waals surface area contributed by atoms with Crippen LogP contribution in [-0.4, -0.2) is 19.6 Å². The van der Waals surface area contributed by atoms with Crippen molar-refractivity contribution in [3.05, 3.63) is 12.3 Å². The Kier molecular flexibility index (Phi) is 6.25. The summed E-state index contributed by atoms with van der Waals surface area (Å²) in [5, 5.41) is 6.84. The van der Waals surface area contributed by atoms with Crippen molar-refractivity contribution in [3.63, 3.8) is 0 Å². The Morgan fingerprint density at radius 3 is 2.06 bits per heavy atom. The van der Waals surface area contributed by atoms with Crippen molar-refractivity contribution >= 4 is 0 Å². The van der Waals surface area contributed by atoms with Gasteiger partial charge < -0.3 is 10.6 Å². The number of hydrogen-bond acceptors (Lipinski definition) is 2. The molecule has 2 nitrogen and oxygen atoms in total. The average Bonchev–Trinajstić information content (AvgIpc) is 2.15. The smallest absolute Gasteiger partial charge is 0.0302 e. The summed E-state index contributed by atoms with van der Waals surface area (Å²) in [4.78, 5) is 0. The van der Waals surface area contributed by atoms with Crippen LogP contribution in [0.25, 0.3) is 0 Å². The standard InChI is InChI=1S/C15H32N2/c1-9-15(6,7)10-12(2)17-11-13(16-8)14(3,4)5/h13,16-17H,2,9-11H2,1,3-8H3. The van der Waals surface area contributed by atoms with E-state index in [9.17, 15) is 0 Å². The van der Waals surface area contributed by atoms with E-state index in [2.05, 4.69) is 58.8 Å². The van der Waals surface area contributed by atoms with E-state index in [1.165, 1.54) is 6.42 Å². The van der Waals surface area contributed by atoms with Crippen molar-refractivity contribution in [1.29, 1.82) is 0 Å². The lowest BCUT2D eigenvalue weighted by atomic mass is 9.84. The highest BCUT2D eigenvalue weighted by molar-refractivity contribution is 4.97. The number of nitrogens with one attached hydrogen (secondary N) is 2. The maximum absolute atomic E-state index is 4.14. The predicted octanol–water partition coefficient (Wildman–Crippen LogP) is 3.55. The molecule has 0 aliphatic rings. The van der Waals surface area contributed by atoms with Gasteiger partial charge in [0.1, 0.15) is 0 Å². The van der Waals surface area contributed by atoms with Crippen LogP contribution in [0.1, 0.15) is 54.4 Å². The van der Waals surface area contributed by atoms with Crippen molar-refractivity contribution in [3.8, 4) is 0 Å². The predicted molar refractivity (Wildman–Crippen MR) is 78.1 cm³/mol. The first kappa shape index (κ1) is 16.5. The molecule has 0 bridgehead atoms. The van der Waals surface area contributed by atoms with Gasteiger partial charge >= 0.3 is 0 Å². The summed E-state index contributed by atoms with van der Waals surface area (Å²) in [5.41, 5.74) is 1.77. The van der Waals surface area contributed by atoms with E-state index < -0.39 is 0 Å². The number of hydrogen-bond donors (Lipinski definition) is 2. The molecule has 1 unspecified atom stereocenters. The number of likely N-dealkylation sites (N-methyl/N-ethyl adjacent to an activating group) is 1. The van der Waals surface area contributed by atoms with E-state index in [1.807, 2.05) is 7.05 Å². The van der Waals surface area contributed by atoms with Gasteiger partial charge in [0.15, 0.2) is 0 Å². The van der Waals surface area contributed by atoms with E-state index in [1.54, 1.807) is 0 Å². The van der Waals surface area contributed by atoms with Crippen molar-refractivity contribution in [1.82, 2.24) is 10.6 Å². The minimum Gasteiger partial charge on any atom is -0.387 e. The molecule has 0 saturated carbocycles. The van der Waals surface area contributed by atoms with Gasteiger partial charge in [-0.3, -0.25) is 0 Å². The van der Waals surface area contributed by atoms with Gasteiger partial charge in [0.2, 0.25) is 0 Å². The lowest BCUT2D eigenvalue weighted by molar-refractivity contribution is 0.272. The minimum absolute atomic E-state index is 0.266. The molecule has 2 heteroatoms. The fourth-order valence-corrected chi connectivity index (χ4v) is 1.85. The van der Waals surface area contributed by atoms with Crippen molar-refractivity contribution in [2.75, 3.05) is 13.6 Å². The second-order valence-corrected chi connectivity index (χ2v) is 6.89. The van der Waals surface area contributed by atoms with Gasteiger partial charge in [-0.2, -0.15) is 0 Å². The molecule has 0 amide bonds. The Morgan fingerprint density at radius 2 is 1.71 bits per heavy atom. The molecule has 1 atom stereocenters. The maximum Gasteiger partial charge on any atom is 0.0302 e. The summed E-state index contributed by atoms with van der Waals surface area (Å²) in [6.07, 6.45) is 2.23. The van der Waals surface area contributed by atoms with Crippen LogP contribution in [0, 0.1) is 10.8 Å². The molecule has 0 rings (SSSR count). The largest absolute Gasteiger partial charge is 0.387 e. The van der Waals surface area contributed by atoms with Crippen molar-refractivity contribution < 1.29 is 0 Å². The summed E-state index contributed by atoms with van der Waals surface area (Å²) < 4.78 is 0. The van der Waals surface area contributed by atoms with Crippen LogP contribution in [0.5, 0.6) is 0 Å². The molecule has 0 saturated heterocycles. The van der Waals surface area contributed by atoms with Gasteiger partial charge in [-0.15, -0.1) is 0 Å². The summed E-state index contributed by atoms with van der Waals surface area (Å²) in [6, 6.07) is 0.462. The molecule has 0 aromatic rings.